The van der Waals surface area contributed by atoms with Gasteiger partial charge in [0.2, 0.25) is 5.91 Å². The molecule has 3 heteroatoms. The number of nitrogens with two attached hydrogens (primary N) is 1. The van der Waals surface area contributed by atoms with Crippen LogP contribution in [0.3, 0.4) is 0 Å². The maximum atomic E-state index is 11.2. The predicted molar refractivity (Wildman–Crippen MR) is 64.0 cm³/mol. The summed E-state index contributed by atoms with van der Waals surface area (Å²) in [5.74, 6) is 0.473. The fraction of sp³-hybridized carbons (Fsp3) is 0.462. The molecule has 0 radical (unpaired) electrons. The molecule has 0 saturated heterocycles. The Hall–Kier alpha value is -1.35. The first kappa shape index (κ1) is 11.1. The number of carbonyl (C=O) groups is 1. The molecule has 1 aliphatic rings. The zero-order chi connectivity index (χ0) is 11.5. The molecule has 1 aromatic carbocycles. The van der Waals surface area contributed by atoms with Crippen molar-refractivity contribution >= 4 is 5.91 Å². The monoisotopic (exact) mass is 218 g/mol. The molecule has 86 valence electrons. The van der Waals surface area contributed by atoms with Crippen LogP contribution in [0, 0.1) is 5.92 Å². The van der Waals surface area contributed by atoms with Crippen LogP contribution in [-0.4, -0.2) is 11.9 Å². The Labute approximate surface area is 96.0 Å². The maximum absolute atomic E-state index is 11.2. The molecular weight excluding hydrogens is 200 g/mol. The van der Waals surface area contributed by atoms with E-state index in [9.17, 15) is 4.79 Å². The standard InChI is InChI=1S/C13H18N2O/c1-2-9-7-12(9)15-8-10-5-3-4-6-11(10)13(14)16/h3-6,9,12,15H,2,7-8H2,1H3,(H2,14,16). The molecule has 3 nitrogen and oxygen atoms in total. The van der Waals surface area contributed by atoms with E-state index in [1.807, 2.05) is 18.2 Å². The van der Waals surface area contributed by atoms with Gasteiger partial charge in [0.15, 0.2) is 0 Å². The molecule has 2 atom stereocenters. The number of amides is 1. The molecule has 0 spiro atoms. The van der Waals surface area contributed by atoms with Gasteiger partial charge in [0.05, 0.1) is 0 Å². The molecule has 1 saturated carbocycles. The molecular formula is C13H18N2O. The van der Waals surface area contributed by atoms with E-state index in [1.54, 1.807) is 6.07 Å². The Bertz CT molecular complexity index is 389. The van der Waals surface area contributed by atoms with Crippen LogP contribution in [0.5, 0.6) is 0 Å². The first-order valence-corrected chi connectivity index (χ1v) is 5.83. The van der Waals surface area contributed by atoms with Crippen molar-refractivity contribution in [3.63, 3.8) is 0 Å². The Balaban J connectivity index is 1.96. The Morgan fingerprint density at radius 2 is 2.25 bits per heavy atom. The molecule has 0 heterocycles. The van der Waals surface area contributed by atoms with Gasteiger partial charge in [-0.15, -0.1) is 0 Å². The quantitative estimate of drug-likeness (QED) is 0.790. The molecule has 3 N–H and O–H groups in total. The minimum absolute atomic E-state index is 0.347. The smallest absolute Gasteiger partial charge is 0.249 e. The third-order valence-electron chi connectivity index (χ3n) is 3.28. The van der Waals surface area contributed by atoms with Crippen LogP contribution in [0.15, 0.2) is 24.3 Å². The first-order valence-electron chi connectivity index (χ1n) is 5.83. The van der Waals surface area contributed by atoms with Gasteiger partial charge in [-0.3, -0.25) is 4.79 Å². The van der Waals surface area contributed by atoms with Gasteiger partial charge in [0.25, 0.3) is 0 Å². The predicted octanol–water partition coefficient (Wildman–Crippen LogP) is 1.67. The highest BCUT2D eigenvalue weighted by molar-refractivity contribution is 5.94. The molecule has 0 aromatic heterocycles. The molecule has 1 aliphatic carbocycles. The van der Waals surface area contributed by atoms with Crippen molar-refractivity contribution in [1.82, 2.24) is 5.32 Å². The number of benzene rings is 1. The lowest BCUT2D eigenvalue weighted by Crippen LogP contribution is -2.21. The average molecular weight is 218 g/mol. The number of hydrogen-bond acceptors (Lipinski definition) is 2. The summed E-state index contributed by atoms with van der Waals surface area (Å²) >= 11 is 0. The number of nitrogens with one attached hydrogen (secondary N) is 1. The third kappa shape index (κ3) is 2.42. The summed E-state index contributed by atoms with van der Waals surface area (Å²) in [5.41, 5.74) is 6.95. The fourth-order valence-corrected chi connectivity index (χ4v) is 2.10. The zero-order valence-corrected chi connectivity index (χ0v) is 9.57. The number of rotatable bonds is 5. The van der Waals surface area contributed by atoms with Crippen LogP contribution in [0.1, 0.15) is 35.7 Å². The van der Waals surface area contributed by atoms with Crippen molar-refractivity contribution in [2.45, 2.75) is 32.4 Å². The SMILES string of the molecule is CCC1CC1NCc1ccccc1C(N)=O. The van der Waals surface area contributed by atoms with Gasteiger partial charge in [-0.05, 0) is 24.0 Å². The topological polar surface area (TPSA) is 55.1 Å². The molecule has 1 aromatic rings. The average Bonchev–Trinajstić information content (AvgIpc) is 3.05. The summed E-state index contributed by atoms with van der Waals surface area (Å²) < 4.78 is 0. The van der Waals surface area contributed by atoms with E-state index in [0.717, 1.165) is 18.0 Å². The summed E-state index contributed by atoms with van der Waals surface area (Å²) in [6.45, 7) is 2.95. The van der Waals surface area contributed by atoms with Gasteiger partial charge in [0, 0.05) is 18.2 Å². The lowest BCUT2D eigenvalue weighted by molar-refractivity contribution is 0.0999. The summed E-state index contributed by atoms with van der Waals surface area (Å²) in [5, 5.41) is 3.46. The molecule has 1 amide bonds. The van der Waals surface area contributed by atoms with E-state index in [-0.39, 0.29) is 5.91 Å². The number of hydrogen-bond donors (Lipinski definition) is 2. The number of primary amides is 1. The largest absolute Gasteiger partial charge is 0.366 e. The summed E-state index contributed by atoms with van der Waals surface area (Å²) in [6, 6.07) is 8.15. The van der Waals surface area contributed by atoms with Gasteiger partial charge in [-0.2, -0.15) is 0 Å². The van der Waals surface area contributed by atoms with Gasteiger partial charge >= 0.3 is 0 Å². The molecule has 2 unspecified atom stereocenters. The number of carbonyl (C=O) groups excluding carboxylic acids is 1. The minimum Gasteiger partial charge on any atom is -0.366 e. The lowest BCUT2D eigenvalue weighted by atomic mass is 10.1. The molecule has 0 bridgehead atoms. The molecule has 0 aliphatic heterocycles. The summed E-state index contributed by atoms with van der Waals surface area (Å²) in [6.07, 6.45) is 2.49. The zero-order valence-electron chi connectivity index (χ0n) is 9.57. The third-order valence-corrected chi connectivity index (χ3v) is 3.28. The van der Waals surface area contributed by atoms with Crippen LogP contribution in [0.2, 0.25) is 0 Å². The highest BCUT2D eigenvalue weighted by atomic mass is 16.1. The summed E-state index contributed by atoms with van der Waals surface area (Å²) in [4.78, 5) is 11.2. The first-order chi connectivity index (χ1) is 7.72. The van der Waals surface area contributed by atoms with Crippen LogP contribution in [0.25, 0.3) is 0 Å². The van der Waals surface area contributed by atoms with Crippen molar-refractivity contribution in [2.24, 2.45) is 11.7 Å². The van der Waals surface area contributed by atoms with Crippen molar-refractivity contribution in [2.75, 3.05) is 0 Å². The van der Waals surface area contributed by atoms with Crippen LogP contribution >= 0.6 is 0 Å². The normalized spacial score (nSPS) is 23.1. The molecule has 1 fully saturated rings. The minimum atomic E-state index is -0.347. The summed E-state index contributed by atoms with van der Waals surface area (Å²) in [7, 11) is 0. The highest BCUT2D eigenvalue weighted by Gasteiger charge is 2.34. The Morgan fingerprint density at radius 1 is 1.50 bits per heavy atom. The Morgan fingerprint density at radius 3 is 2.88 bits per heavy atom. The Kier molecular flexibility index (Phi) is 3.25. The van der Waals surface area contributed by atoms with E-state index >= 15 is 0 Å². The van der Waals surface area contributed by atoms with Crippen LogP contribution < -0.4 is 11.1 Å². The van der Waals surface area contributed by atoms with Gasteiger partial charge in [0.1, 0.15) is 0 Å². The van der Waals surface area contributed by atoms with Crippen molar-refractivity contribution in [3.8, 4) is 0 Å². The van der Waals surface area contributed by atoms with E-state index in [4.69, 9.17) is 5.73 Å². The van der Waals surface area contributed by atoms with Gasteiger partial charge in [-0.25, -0.2) is 0 Å². The van der Waals surface area contributed by atoms with Crippen molar-refractivity contribution in [3.05, 3.63) is 35.4 Å². The maximum Gasteiger partial charge on any atom is 0.249 e. The van der Waals surface area contributed by atoms with E-state index < -0.39 is 0 Å². The highest BCUT2D eigenvalue weighted by Crippen LogP contribution is 2.33. The van der Waals surface area contributed by atoms with Crippen molar-refractivity contribution < 1.29 is 4.79 Å². The second kappa shape index (κ2) is 4.66. The van der Waals surface area contributed by atoms with Gasteiger partial charge < -0.3 is 11.1 Å². The molecule has 16 heavy (non-hydrogen) atoms. The van der Waals surface area contributed by atoms with Crippen LogP contribution in [0.4, 0.5) is 0 Å². The fourth-order valence-electron chi connectivity index (χ4n) is 2.10. The molecule has 2 rings (SSSR count). The van der Waals surface area contributed by atoms with E-state index in [0.29, 0.717) is 11.6 Å². The van der Waals surface area contributed by atoms with Gasteiger partial charge in [-0.1, -0.05) is 31.5 Å². The second-order valence-electron chi connectivity index (χ2n) is 4.41. The van der Waals surface area contributed by atoms with Crippen molar-refractivity contribution in [1.29, 1.82) is 0 Å². The van der Waals surface area contributed by atoms with Crippen LogP contribution in [-0.2, 0) is 6.54 Å². The van der Waals surface area contributed by atoms with E-state index in [2.05, 4.69) is 12.2 Å². The lowest BCUT2D eigenvalue weighted by Gasteiger charge is -2.07. The second-order valence-corrected chi connectivity index (χ2v) is 4.41. The van der Waals surface area contributed by atoms with E-state index in [1.165, 1.54) is 12.8 Å².